The molecule has 2 saturated carbocycles. The van der Waals surface area contributed by atoms with Gasteiger partial charge in [0.15, 0.2) is 0 Å². The van der Waals surface area contributed by atoms with E-state index >= 15 is 0 Å². The highest BCUT2D eigenvalue weighted by molar-refractivity contribution is 5.74. The molecule has 2 N–H and O–H groups in total. The molecule has 4 heteroatoms. The maximum atomic E-state index is 11.9. The number of methoxy groups -OCH3 is 1. The lowest BCUT2D eigenvalue weighted by Crippen LogP contribution is -2.63. The second-order valence-electron chi connectivity index (χ2n) is 6.29. The van der Waals surface area contributed by atoms with Crippen molar-refractivity contribution in [3.63, 3.8) is 0 Å². The summed E-state index contributed by atoms with van der Waals surface area (Å²) in [5.41, 5.74) is 0.0403. The van der Waals surface area contributed by atoms with Gasteiger partial charge in [0.05, 0.1) is 6.10 Å². The third-order valence-corrected chi connectivity index (χ3v) is 4.71. The van der Waals surface area contributed by atoms with Crippen LogP contribution in [0.25, 0.3) is 0 Å². The third kappa shape index (κ3) is 2.79. The van der Waals surface area contributed by atoms with Crippen LogP contribution in [0.15, 0.2) is 0 Å². The minimum Gasteiger partial charge on any atom is -0.381 e. The summed E-state index contributed by atoms with van der Waals surface area (Å²) in [5, 5.41) is 6.19. The van der Waals surface area contributed by atoms with Crippen molar-refractivity contribution < 1.29 is 9.53 Å². The Balaban J connectivity index is 1.75. The monoisotopic (exact) mass is 254 g/mol. The molecule has 4 nitrogen and oxygen atoms in total. The summed E-state index contributed by atoms with van der Waals surface area (Å²) in [7, 11) is 1.74. The van der Waals surface area contributed by atoms with Gasteiger partial charge in [-0.2, -0.15) is 0 Å². The van der Waals surface area contributed by atoms with Gasteiger partial charge in [-0.25, -0.2) is 4.79 Å². The first kappa shape index (κ1) is 13.7. The van der Waals surface area contributed by atoms with E-state index < -0.39 is 0 Å². The Kier molecular flexibility index (Phi) is 4.15. The summed E-state index contributed by atoms with van der Waals surface area (Å²) >= 11 is 0. The van der Waals surface area contributed by atoms with Crippen LogP contribution in [0.3, 0.4) is 0 Å². The van der Waals surface area contributed by atoms with Crippen molar-refractivity contribution in [2.45, 2.75) is 70.6 Å². The van der Waals surface area contributed by atoms with Crippen molar-refractivity contribution in [2.24, 2.45) is 5.41 Å². The predicted molar refractivity (Wildman–Crippen MR) is 71.5 cm³/mol. The van der Waals surface area contributed by atoms with Crippen LogP contribution in [-0.4, -0.2) is 31.3 Å². The van der Waals surface area contributed by atoms with Crippen molar-refractivity contribution in [1.29, 1.82) is 0 Å². The number of urea groups is 1. The zero-order chi connectivity index (χ0) is 13.2. The van der Waals surface area contributed by atoms with E-state index in [9.17, 15) is 4.79 Å². The van der Waals surface area contributed by atoms with Gasteiger partial charge >= 0.3 is 6.03 Å². The predicted octanol–water partition coefficient (Wildman–Crippen LogP) is 2.43. The van der Waals surface area contributed by atoms with Crippen molar-refractivity contribution in [2.75, 3.05) is 7.11 Å². The molecule has 2 rings (SSSR count). The molecular weight excluding hydrogens is 228 g/mol. The molecule has 0 radical (unpaired) electrons. The largest absolute Gasteiger partial charge is 0.381 e. The molecule has 0 aromatic heterocycles. The first-order valence-electron chi connectivity index (χ1n) is 7.14. The van der Waals surface area contributed by atoms with Crippen LogP contribution in [0, 0.1) is 5.41 Å². The van der Waals surface area contributed by atoms with Gasteiger partial charge in [0, 0.05) is 24.6 Å². The Hall–Kier alpha value is -0.770. The van der Waals surface area contributed by atoms with Gasteiger partial charge in [-0.1, -0.05) is 33.1 Å². The standard InChI is InChI=1S/C14H26N2O2/c1-14(2)11(9-12(14)18-3)16-13(17)15-10-7-5-4-6-8-10/h10-12H,4-9H2,1-3H3,(H2,15,16,17). The number of rotatable bonds is 3. The van der Waals surface area contributed by atoms with E-state index in [-0.39, 0.29) is 23.6 Å². The lowest BCUT2D eigenvalue weighted by molar-refractivity contribution is -0.0936. The quantitative estimate of drug-likeness (QED) is 0.812. The Bertz CT molecular complexity index is 298. The van der Waals surface area contributed by atoms with Crippen LogP contribution in [0.1, 0.15) is 52.4 Å². The number of carbonyl (C=O) groups excluding carboxylic acids is 1. The van der Waals surface area contributed by atoms with Gasteiger partial charge < -0.3 is 15.4 Å². The molecule has 0 aliphatic heterocycles. The average molecular weight is 254 g/mol. The van der Waals surface area contributed by atoms with Crippen molar-refractivity contribution in [3.8, 4) is 0 Å². The van der Waals surface area contributed by atoms with E-state index in [4.69, 9.17) is 4.74 Å². The fourth-order valence-corrected chi connectivity index (χ4v) is 3.16. The summed E-state index contributed by atoms with van der Waals surface area (Å²) < 4.78 is 5.39. The minimum atomic E-state index is -0.00507. The molecule has 2 unspecified atom stereocenters. The molecule has 0 spiro atoms. The van der Waals surface area contributed by atoms with Crippen LogP contribution >= 0.6 is 0 Å². The third-order valence-electron chi connectivity index (χ3n) is 4.71. The van der Waals surface area contributed by atoms with Crippen LogP contribution in [0.2, 0.25) is 0 Å². The highest BCUT2D eigenvalue weighted by atomic mass is 16.5. The fraction of sp³-hybridized carbons (Fsp3) is 0.929. The summed E-state index contributed by atoms with van der Waals surface area (Å²) in [5.74, 6) is 0. The summed E-state index contributed by atoms with van der Waals surface area (Å²) in [6.07, 6.45) is 7.23. The Morgan fingerprint density at radius 2 is 1.83 bits per heavy atom. The number of hydrogen-bond donors (Lipinski definition) is 2. The summed E-state index contributed by atoms with van der Waals surface area (Å²) in [4.78, 5) is 11.9. The van der Waals surface area contributed by atoms with Gasteiger partial charge in [-0.15, -0.1) is 0 Å². The molecule has 0 aromatic carbocycles. The molecule has 18 heavy (non-hydrogen) atoms. The topological polar surface area (TPSA) is 50.4 Å². The Labute approximate surface area is 110 Å². The van der Waals surface area contributed by atoms with E-state index in [1.807, 2.05) is 0 Å². The summed E-state index contributed by atoms with van der Waals surface area (Å²) in [6.45, 7) is 4.30. The van der Waals surface area contributed by atoms with Crippen LogP contribution in [0.4, 0.5) is 4.79 Å². The molecule has 104 valence electrons. The van der Waals surface area contributed by atoms with E-state index in [0.29, 0.717) is 6.04 Å². The molecular formula is C14H26N2O2. The first-order chi connectivity index (χ1) is 8.54. The maximum absolute atomic E-state index is 11.9. The van der Waals surface area contributed by atoms with Crippen LogP contribution < -0.4 is 10.6 Å². The Morgan fingerprint density at radius 3 is 2.39 bits per heavy atom. The lowest BCUT2D eigenvalue weighted by atomic mass is 9.64. The maximum Gasteiger partial charge on any atom is 0.315 e. The first-order valence-corrected chi connectivity index (χ1v) is 7.14. The molecule has 0 bridgehead atoms. The van der Waals surface area contributed by atoms with Crippen molar-refractivity contribution in [1.82, 2.24) is 10.6 Å². The normalized spacial score (nSPS) is 31.5. The van der Waals surface area contributed by atoms with Gasteiger partial charge in [0.2, 0.25) is 0 Å². The van der Waals surface area contributed by atoms with Crippen LogP contribution in [-0.2, 0) is 4.74 Å². The number of ether oxygens (including phenoxy) is 1. The molecule has 2 amide bonds. The van der Waals surface area contributed by atoms with Gasteiger partial charge in [0.25, 0.3) is 0 Å². The number of hydrogen-bond acceptors (Lipinski definition) is 2. The highest BCUT2D eigenvalue weighted by Gasteiger charge is 2.49. The van der Waals surface area contributed by atoms with E-state index in [2.05, 4.69) is 24.5 Å². The van der Waals surface area contributed by atoms with Crippen LogP contribution in [0.5, 0.6) is 0 Å². The smallest absolute Gasteiger partial charge is 0.315 e. The SMILES string of the molecule is COC1CC(NC(=O)NC2CCCCC2)C1(C)C. The lowest BCUT2D eigenvalue weighted by Gasteiger charge is -2.51. The second kappa shape index (κ2) is 5.47. The number of amides is 2. The zero-order valence-electron chi connectivity index (χ0n) is 11.8. The molecule has 2 fully saturated rings. The van der Waals surface area contributed by atoms with E-state index in [0.717, 1.165) is 19.3 Å². The number of nitrogens with one attached hydrogen (secondary N) is 2. The van der Waals surface area contributed by atoms with Crippen molar-refractivity contribution in [3.05, 3.63) is 0 Å². The van der Waals surface area contributed by atoms with Gasteiger partial charge in [-0.05, 0) is 19.3 Å². The molecule has 0 heterocycles. The molecule has 2 aliphatic carbocycles. The number of carbonyl (C=O) groups is 1. The highest BCUT2D eigenvalue weighted by Crippen LogP contribution is 2.42. The van der Waals surface area contributed by atoms with E-state index in [1.165, 1.54) is 19.3 Å². The van der Waals surface area contributed by atoms with E-state index in [1.54, 1.807) is 7.11 Å². The average Bonchev–Trinajstić information content (AvgIpc) is 2.35. The van der Waals surface area contributed by atoms with Gasteiger partial charge in [0.1, 0.15) is 0 Å². The molecule has 0 saturated heterocycles. The minimum absolute atomic E-state index is 0.00507. The molecule has 0 aromatic rings. The molecule has 2 aliphatic rings. The zero-order valence-corrected chi connectivity index (χ0v) is 11.8. The van der Waals surface area contributed by atoms with Crippen molar-refractivity contribution >= 4 is 6.03 Å². The molecule has 2 atom stereocenters. The Morgan fingerprint density at radius 1 is 1.17 bits per heavy atom. The fourth-order valence-electron chi connectivity index (χ4n) is 3.16. The summed E-state index contributed by atoms with van der Waals surface area (Å²) in [6, 6.07) is 0.598. The van der Waals surface area contributed by atoms with Gasteiger partial charge in [-0.3, -0.25) is 0 Å². The second-order valence-corrected chi connectivity index (χ2v) is 6.29.